The Bertz CT molecular complexity index is 500. The van der Waals surface area contributed by atoms with Crippen LogP contribution in [0.1, 0.15) is 25.7 Å². The van der Waals surface area contributed by atoms with Crippen LogP contribution in [0.2, 0.25) is 0 Å². The fraction of sp³-hybridized carbons (Fsp3) is 0.533. The summed E-state index contributed by atoms with van der Waals surface area (Å²) in [5.41, 5.74) is -4.54. The van der Waals surface area contributed by atoms with Crippen LogP contribution in [0.4, 0.5) is 18.0 Å². The number of nitrogens with one attached hydrogen (secondary N) is 2. The quantitative estimate of drug-likeness (QED) is 0.227. The molecule has 0 aromatic heterocycles. The summed E-state index contributed by atoms with van der Waals surface area (Å²) in [6, 6.07) is -0.929. The van der Waals surface area contributed by atoms with E-state index in [0.717, 1.165) is 12.2 Å². The molecule has 0 spiro atoms. The van der Waals surface area contributed by atoms with E-state index in [1.54, 1.807) is 4.72 Å². The van der Waals surface area contributed by atoms with Crippen molar-refractivity contribution in [1.82, 2.24) is 10.0 Å². The van der Waals surface area contributed by atoms with Crippen LogP contribution in [0.3, 0.4) is 0 Å². The molecule has 0 saturated carbocycles. The van der Waals surface area contributed by atoms with Crippen LogP contribution in [0.15, 0.2) is 25.3 Å². The summed E-state index contributed by atoms with van der Waals surface area (Å²) in [6.07, 6.45) is 3.44. The number of carbonyl (C=O) groups is 3. The summed E-state index contributed by atoms with van der Waals surface area (Å²) in [5.74, 6) is -1.29. The molecule has 0 aromatic rings. The predicted octanol–water partition coefficient (Wildman–Crippen LogP) is 2.84. The number of hydrogen-bond acceptors (Lipinski definition) is 6. The summed E-state index contributed by atoms with van der Waals surface area (Å²) < 4.78 is 47.1. The van der Waals surface area contributed by atoms with E-state index >= 15 is 0 Å². The highest BCUT2D eigenvalue weighted by Gasteiger charge is 2.29. The molecule has 0 aliphatic carbocycles. The molecule has 11 heteroatoms. The molecule has 0 radical (unpaired) electrons. The second-order valence-electron chi connectivity index (χ2n) is 4.85. The Hall–Kier alpha value is -2.17. The molecule has 0 bridgehead atoms. The van der Waals surface area contributed by atoms with Crippen molar-refractivity contribution < 1.29 is 37.0 Å². The SMILES string of the molecule is C=CC(=O)OCC(CCCCCNC(=O)NSC(F)(F)F)OC(=O)C=C. The van der Waals surface area contributed by atoms with Crippen molar-refractivity contribution >= 4 is 29.9 Å². The highest BCUT2D eigenvalue weighted by molar-refractivity contribution is 7.98. The average molecular weight is 398 g/mol. The molecule has 0 aliphatic heterocycles. The topological polar surface area (TPSA) is 93.7 Å². The van der Waals surface area contributed by atoms with Crippen LogP contribution in [0.25, 0.3) is 0 Å². The maximum atomic E-state index is 11.9. The number of carbonyl (C=O) groups excluding carboxylic acids is 3. The van der Waals surface area contributed by atoms with E-state index in [9.17, 15) is 27.6 Å². The maximum Gasteiger partial charge on any atom is 0.461 e. The van der Waals surface area contributed by atoms with Gasteiger partial charge in [0.1, 0.15) is 12.7 Å². The highest BCUT2D eigenvalue weighted by Crippen LogP contribution is 2.26. The Balaban J connectivity index is 3.97. The molecule has 1 unspecified atom stereocenters. The van der Waals surface area contributed by atoms with Crippen molar-refractivity contribution in [3.8, 4) is 0 Å². The monoisotopic (exact) mass is 398 g/mol. The van der Waals surface area contributed by atoms with E-state index in [2.05, 4.69) is 18.5 Å². The number of halogens is 3. The lowest BCUT2D eigenvalue weighted by molar-refractivity contribution is -0.153. The number of rotatable bonds is 12. The van der Waals surface area contributed by atoms with Gasteiger partial charge in [0.25, 0.3) is 0 Å². The summed E-state index contributed by atoms with van der Waals surface area (Å²) in [5, 5.41) is 2.28. The van der Waals surface area contributed by atoms with Gasteiger partial charge >= 0.3 is 23.5 Å². The van der Waals surface area contributed by atoms with Gasteiger partial charge in [0, 0.05) is 18.7 Å². The van der Waals surface area contributed by atoms with E-state index in [1.807, 2.05) is 0 Å². The van der Waals surface area contributed by atoms with Gasteiger partial charge in [0.05, 0.1) is 11.9 Å². The number of hydrogen-bond donors (Lipinski definition) is 2. The third-order valence-electron chi connectivity index (χ3n) is 2.78. The standard InChI is InChI=1S/C15H21F3N2O5S/c1-3-12(21)24-10-11(25-13(22)4-2)8-6-5-7-9-19-14(23)20-26-15(16,17)18/h3-4,11H,1-2,5-10H2,(H2,19,20,23). The fourth-order valence-electron chi connectivity index (χ4n) is 1.64. The Labute approximate surface area is 153 Å². The second kappa shape index (κ2) is 13.1. The Morgan fingerprint density at radius 2 is 1.73 bits per heavy atom. The number of unbranched alkanes of at least 4 members (excludes halogenated alkanes) is 2. The molecule has 0 saturated heterocycles. The summed E-state index contributed by atoms with van der Waals surface area (Å²) >= 11 is -0.636. The normalized spacial score (nSPS) is 11.8. The zero-order chi connectivity index (χ0) is 20.0. The van der Waals surface area contributed by atoms with Gasteiger partial charge in [0.15, 0.2) is 0 Å². The zero-order valence-corrected chi connectivity index (χ0v) is 14.8. The van der Waals surface area contributed by atoms with Crippen LogP contribution in [0.5, 0.6) is 0 Å². The molecule has 0 rings (SSSR count). The minimum Gasteiger partial charge on any atom is -0.459 e. The first-order valence-electron chi connectivity index (χ1n) is 7.58. The minimum atomic E-state index is -4.54. The fourth-order valence-corrected chi connectivity index (χ4v) is 1.92. The van der Waals surface area contributed by atoms with E-state index in [1.165, 1.54) is 0 Å². The van der Waals surface area contributed by atoms with Gasteiger partial charge in [-0.15, -0.1) is 0 Å². The van der Waals surface area contributed by atoms with Crippen LogP contribution >= 0.6 is 11.9 Å². The number of amides is 2. The third-order valence-corrected chi connectivity index (χ3v) is 3.29. The van der Waals surface area contributed by atoms with E-state index < -0.39 is 41.5 Å². The highest BCUT2D eigenvalue weighted by atomic mass is 32.2. The Kier molecular flexibility index (Phi) is 12.0. The minimum absolute atomic E-state index is 0.125. The molecule has 7 nitrogen and oxygen atoms in total. The van der Waals surface area contributed by atoms with Gasteiger partial charge in [-0.3, -0.25) is 4.72 Å². The van der Waals surface area contributed by atoms with E-state index in [-0.39, 0.29) is 13.2 Å². The molecule has 148 valence electrons. The first-order valence-corrected chi connectivity index (χ1v) is 8.40. The van der Waals surface area contributed by atoms with Gasteiger partial charge < -0.3 is 14.8 Å². The summed E-state index contributed by atoms with van der Waals surface area (Å²) in [4.78, 5) is 33.4. The number of alkyl halides is 3. The molecule has 2 N–H and O–H groups in total. The van der Waals surface area contributed by atoms with Crippen molar-refractivity contribution in [2.75, 3.05) is 13.2 Å². The first kappa shape index (κ1) is 23.8. The van der Waals surface area contributed by atoms with E-state index in [4.69, 9.17) is 9.47 Å². The smallest absolute Gasteiger partial charge is 0.459 e. The first-order chi connectivity index (χ1) is 12.2. The Morgan fingerprint density at radius 1 is 1.08 bits per heavy atom. The molecule has 26 heavy (non-hydrogen) atoms. The van der Waals surface area contributed by atoms with Crippen molar-refractivity contribution in [2.45, 2.75) is 37.3 Å². The van der Waals surface area contributed by atoms with Crippen LogP contribution in [-0.2, 0) is 19.1 Å². The lowest BCUT2D eigenvalue weighted by Gasteiger charge is -2.16. The van der Waals surface area contributed by atoms with Crippen molar-refractivity contribution in [1.29, 1.82) is 0 Å². The molecule has 0 heterocycles. The number of urea groups is 1. The molecular formula is C15H21F3N2O5S. The van der Waals surface area contributed by atoms with Crippen molar-refractivity contribution in [3.05, 3.63) is 25.3 Å². The lowest BCUT2D eigenvalue weighted by atomic mass is 10.1. The van der Waals surface area contributed by atoms with Gasteiger partial charge in [-0.25, -0.2) is 14.4 Å². The predicted molar refractivity (Wildman–Crippen MR) is 89.9 cm³/mol. The van der Waals surface area contributed by atoms with Crippen LogP contribution < -0.4 is 10.0 Å². The molecular weight excluding hydrogens is 377 g/mol. The average Bonchev–Trinajstić information content (AvgIpc) is 2.59. The van der Waals surface area contributed by atoms with Gasteiger partial charge in [0.2, 0.25) is 0 Å². The van der Waals surface area contributed by atoms with Gasteiger partial charge in [-0.05, 0) is 19.3 Å². The molecule has 0 aliphatic rings. The zero-order valence-electron chi connectivity index (χ0n) is 14.0. The number of ether oxygens (including phenoxy) is 2. The number of esters is 2. The Morgan fingerprint density at radius 3 is 2.31 bits per heavy atom. The van der Waals surface area contributed by atoms with Crippen LogP contribution in [0, 0.1) is 0 Å². The maximum absolute atomic E-state index is 11.9. The van der Waals surface area contributed by atoms with E-state index in [0.29, 0.717) is 25.7 Å². The lowest BCUT2D eigenvalue weighted by Crippen LogP contribution is -2.33. The molecule has 2 amide bonds. The second-order valence-corrected chi connectivity index (χ2v) is 5.72. The van der Waals surface area contributed by atoms with Crippen molar-refractivity contribution in [2.24, 2.45) is 0 Å². The van der Waals surface area contributed by atoms with Gasteiger partial charge in [-0.1, -0.05) is 19.6 Å². The summed E-state index contributed by atoms with van der Waals surface area (Å²) in [6.45, 7) is 6.59. The summed E-state index contributed by atoms with van der Waals surface area (Å²) in [7, 11) is 0. The third kappa shape index (κ3) is 14.2. The van der Waals surface area contributed by atoms with Gasteiger partial charge in [-0.2, -0.15) is 13.2 Å². The molecule has 0 aromatic carbocycles. The largest absolute Gasteiger partial charge is 0.461 e. The van der Waals surface area contributed by atoms with Crippen LogP contribution in [-0.4, -0.2) is 42.7 Å². The molecule has 1 atom stereocenters. The van der Waals surface area contributed by atoms with Crippen molar-refractivity contribution in [3.63, 3.8) is 0 Å². The molecule has 0 fully saturated rings.